The molecule has 0 saturated heterocycles. The average Bonchev–Trinajstić information content (AvgIpc) is 2.62. The lowest BCUT2D eigenvalue weighted by Crippen LogP contribution is -2.04. The summed E-state index contributed by atoms with van der Waals surface area (Å²) in [6.45, 7) is 0. The van der Waals surface area contributed by atoms with Crippen molar-refractivity contribution in [2.24, 2.45) is 0 Å². The molecule has 1 aliphatic rings. The van der Waals surface area contributed by atoms with E-state index in [1.54, 1.807) is 6.07 Å². The highest BCUT2D eigenvalue weighted by atomic mass is 19.1. The van der Waals surface area contributed by atoms with E-state index in [1.165, 1.54) is 24.5 Å². The zero-order chi connectivity index (χ0) is 12.5. The molecule has 0 unspecified atom stereocenters. The van der Waals surface area contributed by atoms with Crippen molar-refractivity contribution in [3.05, 3.63) is 35.3 Å². The van der Waals surface area contributed by atoms with Gasteiger partial charge in [0.05, 0.1) is 0 Å². The van der Waals surface area contributed by atoms with Crippen molar-refractivity contribution in [1.82, 2.24) is 4.98 Å². The van der Waals surface area contributed by atoms with Gasteiger partial charge in [-0.15, -0.1) is 0 Å². The molecule has 3 heteroatoms. The summed E-state index contributed by atoms with van der Waals surface area (Å²) in [6, 6.07) is 5.18. The fraction of sp³-hybridized carbons (Fsp3) is 0.400. The Morgan fingerprint density at radius 2 is 2.00 bits per heavy atom. The maximum atomic E-state index is 13.9. The third-order valence-electron chi connectivity index (χ3n) is 3.74. The van der Waals surface area contributed by atoms with Gasteiger partial charge >= 0.3 is 0 Å². The minimum atomic E-state index is -0.226. The highest BCUT2D eigenvalue weighted by Gasteiger charge is 2.17. The van der Waals surface area contributed by atoms with Gasteiger partial charge in [-0.2, -0.15) is 0 Å². The van der Waals surface area contributed by atoms with Crippen LogP contribution in [0, 0.1) is 5.82 Å². The molecular weight excluding hydrogens is 227 g/mol. The van der Waals surface area contributed by atoms with Gasteiger partial charge in [-0.3, -0.25) is 0 Å². The quantitative estimate of drug-likeness (QED) is 0.774. The van der Waals surface area contributed by atoms with Crippen molar-refractivity contribution in [1.29, 1.82) is 0 Å². The minimum Gasteiger partial charge on any atom is -0.387 e. The fourth-order valence-electron chi connectivity index (χ4n) is 2.87. The second-order valence-electron chi connectivity index (χ2n) is 4.86. The maximum Gasteiger partial charge on any atom is 0.149 e. The summed E-state index contributed by atoms with van der Waals surface area (Å²) in [5, 5.41) is 4.15. The van der Waals surface area contributed by atoms with Crippen molar-refractivity contribution in [2.45, 2.75) is 32.1 Å². The molecule has 0 spiro atoms. The standard InChI is InChI=1S/C15H17FN2/c1-17-14-10-6-3-2-4-9-13(10)18-15-11(14)7-5-8-12(15)16/h5,7-8H,2-4,6,9H2,1H3,(H,17,18). The molecule has 0 bridgehead atoms. The number of para-hydroxylation sites is 1. The summed E-state index contributed by atoms with van der Waals surface area (Å²) < 4.78 is 13.9. The average molecular weight is 244 g/mol. The summed E-state index contributed by atoms with van der Waals surface area (Å²) in [7, 11) is 1.91. The Hall–Kier alpha value is -1.64. The minimum absolute atomic E-state index is 0.226. The van der Waals surface area contributed by atoms with E-state index in [9.17, 15) is 4.39 Å². The molecule has 2 nitrogen and oxygen atoms in total. The Morgan fingerprint density at radius 3 is 2.83 bits per heavy atom. The highest BCUT2D eigenvalue weighted by molar-refractivity contribution is 5.93. The van der Waals surface area contributed by atoms with Crippen LogP contribution in [0.15, 0.2) is 18.2 Å². The van der Waals surface area contributed by atoms with E-state index in [1.807, 2.05) is 13.1 Å². The number of aromatic nitrogens is 1. The molecule has 1 aromatic heterocycles. The lowest BCUT2D eigenvalue weighted by molar-refractivity contribution is 0.636. The molecule has 0 aliphatic heterocycles. The van der Waals surface area contributed by atoms with Crippen LogP contribution in [0.5, 0.6) is 0 Å². The fourth-order valence-corrected chi connectivity index (χ4v) is 2.87. The van der Waals surface area contributed by atoms with E-state index in [-0.39, 0.29) is 5.82 Å². The number of benzene rings is 1. The lowest BCUT2D eigenvalue weighted by atomic mass is 10.0. The van der Waals surface area contributed by atoms with E-state index in [4.69, 9.17) is 0 Å². The monoisotopic (exact) mass is 244 g/mol. The zero-order valence-corrected chi connectivity index (χ0v) is 10.6. The topological polar surface area (TPSA) is 24.9 Å². The number of hydrogen-bond donors (Lipinski definition) is 1. The third kappa shape index (κ3) is 1.74. The van der Waals surface area contributed by atoms with E-state index < -0.39 is 0 Å². The highest BCUT2D eigenvalue weighted by Crippen LogP contribution is 2.33. The van der Waals surface area contributed by atoms with Crippen LogP contribution in [0.2, 0.25) is 0 Å². The summed E-state index contributed by atoms with van der Waals surface area (Å²) >= 11 is 0. The number of nitrogens with zero attached hydrogens (tertiary/aromatic N) is 1. The molecule has 1 N–H and O–H groups in total. The predicted molar refractivity (Wildman–Crippen MR) is 72.5 cm³/mol. The summed E-state index contributed by atoms with van der Waals surface area (Å²) in [6.07, 6.45) is 5.60. The number of rotatable bonds is 1. The van der Waals surface area contributed by atoms with Crippen LogP contribution in [0.25, 0.3) is 10.9 Å². The Kier molecular flexibility index (Phi) is 2.90. The molecule has 0 fully saturated rings. The predicted octanol–water partition coefficient (Wildman–Crippen LogP) is 3.68. The number of aryl methyl sites for hydroxylation is 1. The van der Waals surface area contributed by atoms with Crippen LogP contribution in [0.3, 0.4) is 0 Å². The molecule has 2 aromatic rings. The van der Waals surface area contributed by atoms with Crippen molar-refractivity contribution in [3.8, 4) is 0 Å². The first-order chi connectivity index (χ1) is 8.81. The molecule has 94 valence electrons. The summed E-state index contributed by atoms with van der Waals surface area (Å²) in [5.74, 6) is -0.226. The van der Waals surface area contributed by atoms with Crippen LogP contribution >= 0.6 is 0 Å². The smallest absolute Gasteiger partial charge is 0.149 e. The van der Waals surface area contributed by atoms with Gasteiger partial charge in [-0.25, -0.2) is 9.37 Å². The molecule has 1 aromatic carbocycles. The van der Waals surface area contributed by atoms with Crippen molar-refractivity contribution >= 4 is 16.6 Å². The Morgan fingerprint density at radius 1 is 1.17 bits per heavy atom. The second-order valence-corrected chi connectivity index (χ2v) is 4.86. The lowest BCUT2D eigenvalue weighted by Gasteiger charge is -2.15. The van der Waals surface area contributed by atoms with Crippen LogP contribution in [-0.4, -0.2) is 12.0 Å². The largest absolute Gasteiger partial charge is 0.387 e. The van der Waals surface area contributed by atoms with Gasteiger partial charge in [0.15, 0.2) is 0 Å². The van der Waals surface area contributed by atoms with Crippen molar-refractivity contribution < 1.29 is 4.39 Å². The van der Waals surface area contributed by atoms with E-state index in [0.29, 0.717) is 5.52 Å². The normalized spacial score (nSPS) is 15.2. The Labute approximate surface area is 106 Å². The summed E-state index contributed by atoms with van der Waals surface area (Å²) in [5.41, 5.74) is 3.93. The van der Waals surface area contributed by atoms with Crippen molar-refractivity contribution in [3.63, 3.8) is 0 Å². The number of hydrogen-bond acceptors (Lipinski definition) is 2. The number of pyridine rings is 1. The molecule has 0 amide bonds. The molecule has 0 radical (unpaired) electrons. The number of halogens is 1. The van der Waals surface area contributed by atoms with Crippen LogP contribution in [-0.2, 0) is 12.8 Å². The number of fused-ring (bicyclic) bond motifs is 2. The molecule has 1 heterocycles. The number of nitrogens with one attached hydrogen (secondary N) is 1. The van der Waals surface area contributed by atoms with Crippen molar-refractivity contribution in [2.75, 3.05) is 12.4 Å². The van der Waals surface area contributed by atoms with Gasteiger partial charge in [-0.1, -0.05) is 18.6 Å². The summed E-state index contributed by atoms with van der Waals surface area (Å²) in [4.78, 5) is 4.57. The van der Waals surface area contributed by atoms with Crippen LogP contribution < -0.4 is 5.32 Å². The number of anilines is 1. The van der Waals surface area contributed by atoms with Crippen LogP contribution in [0.4, 0.5) is 10.1 Å². The first-order valence-corrected chi connectivity index (χ1v) is 6.59. The molecule has 18 heavy (non-hydrogen) atoms. The van der Waals surface area contributed by atoms with Crippen LogP contribution in [0.1, 0.15) is 30.5 Å². The first-order valence-electron chi connectivity index (χ1n) is 6.59. The van der Waals surface area contributed by atoms with Gasteiger partial charge in [0, 0.05) is 23.8 Å². The molecule has 3 rings (SSSR count). The van der Waals surface area contributed by atoms with Gasteiger partial charge < -0.3 is 5.32 Å². The van der Waals surface area contributed by atoms with Gasteiger partial charge in [-0.05, 0) is 37.3 Å². The third-order valence-corrected chi connectivity index (χ3v) is 3.74. The molecule has 0 atom stereocenters. The van der Waals surface area contributed by atoms with Gasteiger partial charge in [0.25, 0.3) is 0 Å². The molecule has 0 saturated carbocycles. The molecular formula is C15H17FN2. The molecule has 1 aliphatic carbocycles. The van der Waals surface area contributed by atoms with E-state index in [0.717, 1.165) is 36.0 Å². The van der Waals surface area contributed by atoms with Gasteiger partial charge in [0.2, 0.25) is 0 Å². The zero-order valence-electron chi connectivity index (χ0n) is 10.6. The maximum absolute atomic E-state index is 13.9. The first kappa shape index (κ1) is 11.5. The van der Waals surface area contributed by atoms with E-state index in [2.05, 4.69) is 10.3 Å². The van der Waals surface area contributed by atoms with E-state index >= 15 is 0 Å². The SMILES string of the molecule is CNc1c2c(nc3c(F)cccc13)CCCCC2. The van der Waals surface area contributed by atoms with Gasteiger partial charge in [0.1, 0.15) is 11.3 Å². The second kappa shape index (κ2) is 4.56. The Balaban J connectivity index is 2.34. The Bertz CT molecular complexity index is 593.